The molecule has 1 aliphatic carbocycles. The Morgan fingerprint density at radius 2 is 1.84 bits per heavy atom. The number of hydrogen-bond donors (Lipinski definition) is 4. The van der Waals surface area contributed by atoms with E-state index in [2.05, 4.69) is 38.1 Å². The Bertz CT molecular complexity index is 1230. The highest BCUT2D eigenvalue weighted by Crippen LogP contribution is 2.29. The third-order valence-corrected chi connectivity index (χ3v) is 7.78. The first-order valence-corrected chi connectivity index (χ1v) is 13.2. The van der Waals surface area contributed by atoms with Crippen molar-refractivity contribution in [1.29, 1.82) is 0 Å². The summed E-state index contributed by atoms with van der Waals surface area (Å²) in [6.45, 7) is 3.51. The number of anilines is 2. The molecule has 2 aromatic heterocycles. The number of amides is 1. The molecular formula is C27H33ClN6O3. The molecule has 5 rings (SSSR count). The van der Waals surface area contributed by atoms with Gasteiger partial charge in [-0.05, 0) is 56.2 Å². The maximum absolute atomic E-state index is 12.4. The molecule has 3 heterocycles. The Hall–Kier alpha value is -3.01. The number of nitrogens with zero attached hydrogens (tertiary/aromatic N) is 3. The largest absolute Gasteiger partial charge is 0.395 e. The zero-order chi connectivity index (χ0) is 25.8. The van der Waals surface area contributed by atoms with Gasteiger partial charge in [0.15, 0.2) is 0 Å². The van der Waals surface area contributed by atoms with Gasteiger partial charge in [0, 0.05) is 35.9 Å². The van der Waals surface area contributed by atoms with Crippen LogP contribution in [0.3, 0.4) is 0 Å². The highest BCUT2D eigenvalue weighted by atomic mass is 35.5. The maximum atomic E-state index is 12.4. The average molecular weight is 525 g/mol. The number of pyridine rings is 1. The molecule has 4 N–H and O–H groups in total. The molecule has 3 aromatic rings. The van der Waals surface area contributed by atoms with Gasteiger partial charge in [0.05, 0.1) is 42.3 Å². The molecule has 0 radical (unpaired) electrons. The van der Waals surface area contributed by atoms with E-state index < -0.39 is 5.92 Å². The number of aliphatic hydroxyl groups excluding tert-OH is 1. The van der Waals surface area contributed by atoms with Crippen LogP contribution in [0.2, 0.25) is 5.02 Å². The van der Waals surface area contributed by atoms with E-state index >= 15 is 0 Å². The molecule has 0 spiro atoms. The second kappa shape index (κ2) is 11.6. The fourth-order valence-electron chi connectivity index (χ4n) is 4.86. The van der Waals surface area contributed by atoms with Gasteiger partial charge in [-0.3, -0.25) is 4.79 Å². The van der Waals surface area contributed by atoms with Crippen molar-refractivity contribution in [3.05, 3.63) is 52.8 Å². The molecule has 1 aliphatic heterocycles. The first-order valence-electron chi connectivity index (χ1n) is 12.9. The molecule has 0 bridgehead atoms. The minimum atomic E-state index is -0.686. The summed E-state index contributed by atoms with van der Waals surface area (Å²) in [6.07, 6.45) is 7.53. The monoisotopic (exact) mass is 524 g/mol. The molecule has 1 amide bonds. The fourth-order valence-corrected chi connectivity index (χ4v) is 5.08. The molecule has 1 saturated carbocycles. The van der Waals surface area contributed by atoms with Gasteiger partial charge in [-0.2, -0.15) is 0 Å². The minimum absolute atomic E-state index is 0.0142. The highest BCUT2D eigenvalue weighted by molar-refractivity contribution is 6.35. The Morgan fingerprint density at radius 1 is 1.11 bits per heavy atom. The molecule has 0 unspecified atom stereocenters. The van der Waals surface area contributed by atoms with E-state index in [1.165, 1.54) is 0 Å². The summed E-state index contributed by atoms with van der Waals surface area (Å²) in [5.41, 5.74) is 2.47. The van der Waals surface area contributed by atoms with E-state index in [-0.39, 0.29) is 18.6 Å². The lowest BCUT2D eigenvalue weighted by Crippen LogP contribution is -2.50. The number of rotatable bonds is 9. The Kier molecular flexibility index (Phi) is 8.02. The quantitative estimate of drug-likeness (QED) is 0.334. The summed E-state index contributed by atoms with van der Waals surface area (Å²) in [7, 11) is 0. The summed E-state index contributed by atoms with van der Waals surface area (Å²) in [5, 5.41) is 21.2. The van der Waals surface area contributed by atoms with E-state index in [0.29, 0.717) is 41.7 Å². The van der Waals surface area contributed by atoms with E-state index in [9.17, 15) is 9.90 Å². The smallest absolute Gasteiger partial charge is 0.230 e. The number of carbonyl (C=O) groups is 1. The number of aromatic nitrogens is 3. The molecule has 37 heavy (non-hydrogen) atoms. The lowest BCUT2D eigenvalue weighted by Gasteiger charge is -2.29. The van der Waals surface area contributed by atoms with E-state index in [1.807, 2.05) is 19.1 Å². The molecule has 2 aliphatic rings. The zero-order valence-corrected chi connectivity index (χ0v) is 21.7. The summed E-state index contributed by atoms with van der Waals surface area (Å²) in [6, 6.07) is 8.56. The number of nitrogens with one attached hydrogen (secondary N) is 3. The van der Waals surface area contributed by atoms with Gasteiger partial charge in [-0.15, -0.1) is 0 Å². The Balaban J connectivity index is 1.08. The molecule has 9 nitrogen and oxygen atoms in total. The molecule has 2 fully saturated rings. The lowest BCUT2D eigenvalue weighted by molar-refractivity contribution is -0.127. The van der Waals surface area contributed by atoms with Gasteiger partial charge in [-0.25, -0.2) is 15.0 Å². The summed E-state index contributed by atoms with van der Waals surface area (Å²) < 4.78 is 5.08. The third kappa shape index (κ3) is 6.11. The Labute approximate surface area is 221 Å². The van der Waals surface area contributed by atoms with Gasteiger partial charge < -0.3 is 25.8 Å². The topological polar surface area (TPSA) is 121 Å². The molecule has 1 aromatic carbocycles. The van der Waals surface area contributed by atoms with Crippen molar-refractivity contribution in [2.75, 3.05) is 37.0 Å². The molecule has 10 heteroatoms. The minimum Gasteiger partial charge on any atom is -0.395 e. The second-order valence-electron chi connectivity index (χ2n) is 10.0. The van der Waals surface area contributed by atoms with E-state index in [0.717, 1.165) is 54.5 Å². The first kappa shape index (κ1) is 25.6. The van der Waals surface area contributed by atoms with Crippen LogP contribution in [0.4, 0.5) is 11.8 Å². The number of halogens is 1. The van der Waals surface area contributed by atoms with Crippen LogP contribution < -0.4 is 16.0 Å². The normalized spacial score (nSPS) is 20.7. The van der Waals surface area contributed by atoms with Crippen molar-refractivity contribution in [2.24, 2.45) is 5.92 Å². The van der Waals surface area contributed by atoms with Crippen LogP contribution >= 0.6 is 11.6 Å². The van der Waals surface area contributed by atoms with Gasteiger partial charge >= 0.3 is 0 Å². The standard InChI is InChI=1S/C27H33ClN6O3/c1-16-2-5-18-6-9-23(34-25(18)24(16)28)32-20-7-3-17(4-8-20)10-29-27-30-11-19(12-31-27)22(13-35)26(36)33-21-14-37-15-21/h2,5-6,9,11-12,17,20-22,35H,3-4,7-8,10,13-15H2,1H3,(H,32,34)(H,33,36)(H,29,30,31)/t17-,20-,22-/m0/s1. The van der Waals surface area contributed by atoms with E-state index in [4.69, 9.17) is 21.3 Å². The Morgan fingerprint density at radius 3 is 2.51 bits per heavy atom. The molecular weight excluding hydrogens is 492 g/mol. The summed E-state index contributed by atoms with van der Waals surface area (Å²) >= 11 is 6.48. The van der Waals surface area contributed by atoms with E-state index in [1.54, 1.807) is 12.4 Å². The number of benzene rings is 1. The number of fused-ring (bicyclic) bond motifs is 1. The maximum Gasteiger partial charge on any atom is 0.230 e. The number of aryl methyl sites for hydroxylation is 1. The van der Waals surface area contributed by atoms with Crippen molar-refractivity contribution >= 4 is 40.2 Å². The lowest BCUT2D eigenvalue weighted by atomic mass is 9.86. The SMILES string of the molecule is Cc1ccc2ccc(N[C@H]3CC[C@H](CNc4ncc([C@H](CO)C(=O)NC5COC5)cn4)CC3)nc2c1Cl. The zero-order valence-electron chi connectivity index (χ0n) is 20.9. The predicted molar refractivity (Wildman–Crippen MR) is 144 cm³/mol. The van der Waals surface area contributed by atoms with Gasteiger partial charge in [0.1, 0.15) is 5.82 Å². The number of ether oxygens (including phenoxy) is 1. The highest BCUT2D eigenvalue weighted by Gasteiger charge is 2.27. The fraction of sp³-hybridized carbons (Fsp3) is 0.481. The van der Waals surface area contributed by atoms with Gasteiger partial charge in [0.2, 0.25) is 11.9 Å². The van der Waals surface area contributed by atoms with Crippen LogP contribution in [0.1, 0.15) is 42.7 Å². The van der Waals surface area contributed by atoms with Crippen LogP contribution in [0, 0.1) is 12.8 Å². The predicted octanol–water partition coefficient (Wildman–Crippen LogP) is 3.66. The van der Waals surface area contributed by atoms with Crippen LogP contribution in [-0.2, 0) is 9.53 Å². The van der Waals surface area contributed by atoms with Crippen molar-refractivity contribution in [3.8, 4) is 0 Å². The third-order valence-electron chi connectivity index (χ3n) is 7.30. The van der Waals surface area contributed by atoms with Crippen molar-refractivity contribution in [2.45, 2.75) is 50.6 Å². The summed E-state index contributed by atoms with van der Waals surface area (Å²) in [5.74, 6) is 1.01. The first-order chi connectivity index (χ1) is 18.0. The second-order valence-corrected chi connectivity index (χ2v) is 10.4. The number of aliphatic hydroxyl groups is 1. The average Bonchev–Trinajstić information content (AvgIpc) is 2.89. The van der Waals surface area contributed by atoms with Crippen LogP contribution in [0.15, 0.2) is 36.7 Å². The van der Waals surface area contributed by atoms with Gasteiger partial charge in [0.25, 0.3) is 0 Å². The van der Waals surface area contributed by atoms with Crippen LogP contribution in [0.25, 0.3) is 10.9 Å². The number of carbonyl (C=O) groups excluding carboxylic acids is 1. The van der Waals surface area contributed by atoms with Crippen molar-refractivity contribution < 1.29 is 14.6 Å². The molecule has 1 atom stereocenters. The van der Waals surface area contributed by atoms with Crippen molar-refractivity contribution in [1.82, 2.24) is 20.3 Å². The van der Waals surface area contributed by atoms with Crippen LogP contribution in [-0.4, -0.2) is 64.4 Å². The molecule has 196 valence electrons. The number of hydrogen-bond acceptors (Lipinski definition) is 8. The van der Waals surface area contributed by atoms with Crippen LogP contribution in [0.5, 0.6) is 0 Å². The molecule has 1 saturated heterocycles. The van der Waals surface area contributed by atoms with Gasteiger partial charge in [-0.1, -0.05) is 23.7 Å². The van der Waals surface area contributed by atoms with Crippen molar-refractivity contribution in [3.63, 3.8) is 0 Å². The summed E-state index contributed by atoms with van der Waals surface area (Å²) in [4.78, 5) is 25.9.